The quantitative estimate of drug-likeness (QED) is 0.177. The number of guanidine groups is 1. The summed E-state index contributed by atoms with van der Waals surface area (Å²) in [6.07, 6.45) is 7.47. The molecular formula is C40H52N6O4. The number of carbonyl (C=O) groups is 2. The fourth-order valence-corrected chi connectivity index (χ4v) is 6.52. The molecule has 10 nitrogen and oxygen atoms in total. The third kappa shape index (κ3) is 9.65. The predicted octanol–water partition coefficient (Wildman–Crippen LogP) is 7.45. The molecule has 0 bridgehead atoms. The molecule has 0 saturated carbocycles. The van der Waals surface area contributed by atoms with Gasteiger partial charge in [-0.2, -0.15) is 0 Å². The first-order valence-electron chi connectivity index (χ1n) is 18.0. The van der Waals surface area contributed by atoms with Gasteiger partial charge in [0.25, 0.3) is 0 Å². The van der Waals surface area contributed by atoms with Crippen LogP contribution in [-0.2, 0) is 4.79 Å². The number of hydrogen-bond acceptors (Lipinski definition) is 8. The maximum atomic E-state index is 14.2. The van der Waals surface area contributed by atoms with Crippen molar-refractivity contribution in [1.82, 2.24) is 14.7 Å². The van der Waals surface area contributed by atoms with Crippen LogP contribution >= 0.6 is 0 Å². The van der Waals surface area contributed by atoms with Crippen LogP contribution in [-0.4, -0.2) is 84.7 Å². The van der Waals surface area contributed by atoms with E-state index in [-0.39, 0.29) is 12.3 Å². The second-order valence-corrected chi connectivity index (χ2v) is 12.8. The Labute approximate surface area is 297 Å². The smallest absolute Gasteiger partial charge is 0.421 e. The Bertz CT molecular complexity index is 1600. The number of ether oxygens (including phenoxy) is 2. The molecule has 1 saturated heterocycles. The summed E-state index contributed by atoms with van der Waals surface area (Å²) < 4.78 is 12.3. The standard InChI is InChI=1S/C40H52N6O4/c1-5-44(6-2)37(47)23-28-45-36(46(34-19-9-7-10-20-34)40(48)50-38-31(3)16-13-17-32(38)4)22-24-41-39(45)42-33-18-14-21-35(30-33)49-29-15-27-43-25-11-8-12-26-43/h7,9-10,13-14,16-22,24,30,36H,5-6,8,11-12,15,23,25-29H2,1-4H3,(H,41,42). The fraction of sp³-hybridized carbons (Fsp3) is 0.425. The van der Waals surface area contributed by atoms with Gasteiger partial charge in [-0.3, -0.25) is 9.69 Å². The third-order valence-electron chi connectivity index (χ3n) is 9.25. The number of hydrogen-bond donors (Lipinski definition) is 1. The maximum absolute atomic E-state index is 14.2. The molecule has 5 rings (SSSR count). The van der Waals surface area contributed by atoms with Crippen molar-refractivity contribution in [2.45, 2.75) is 66.0 Å². The second kappa shape index (κ2) is 18.2. The molecule has 0 radical (unpaired) electrons. The Morgan fingerprint density at radius 1 is 0.900 bits per heavy atom. The molecule has 0 aromatic heterocycles. The number of nitrogens with zero attached hydrogens (tertiary/aromatic N) is 5. The van der Waals surface area contributed by atoms with E-state index >= 15 is 0 Å². The van der Waals surface area contributed by atoms with Crippen molar-refractivity contribution in [3.05, 3.63) is 96.2 Å². The summed E-state index contributed by atoms with van der Waals surface area (Å²) in [6.45, 7) is 13.4. The number of benzene rings is 3. The van der Waals surface area contributed by atoms with E-state index in [0.717, 1.165) is 35.5 Å². The van der Waals surface area contributed by atoms with Crippen LogP contribution in [0, 0.1) is 13.8 Å². The summed E-state index contributed by atoms with van der Waals surface area (Å²) in [4.78, 5) is 40.1. The second-order valence-electron chi connectivity index (χ2n) is 12.8. The van der Waals surface area contributed by atoms with Gasteiger partial charge in [0.15, 0.2) is 0 Å². The average Bonchev–Trinajstić information content (AvgIpc) is 3.13. The van der Waals surface area contributed by atoms with Gasteiger partial charge in [0.1, 0.15) is 17.7 Å². The highest BCUT2D eigenvalue weighted by Crippen LogP contribution is 2.28. The van der Waals surface area contributed by atoms with Crippen LogP contribution in [0.5, 0.6) is 11.5 Å². The van der Waals surface area contributed by atoms with Gasteiger partial charge >= 0.3 is 6.09 Å². The molecule has 3 aromatic carbocycles. The Balaban J connectivity index is 1.38. The number of nitrogens with one attached hydrogen (secondary N) is 1. The molecular weight excluding hydrogens is 628 g/mol. The Kier molecular flexibility index (Phi) is 13.3. The molecule has 50 heavy (non-hydrogen) atoms. The van der Waals surface area contributed by atoms with E-state index in [1.54, 1.807) is 11.1 Å². The van der Waals surface area contributed by atoms with Crippen LogP contribution in [0.15, 0.2) is 90.1 Å². The van der Waals surface area contributed by atoms with Crippen molar-refractivity contribution >= 4 is 29.3 Å². The summed E-state index contributed by atoms with van der Waals surface area (Å²) in [5.74, 6) is 1.84. The Hall–Kier alpha value is -4.83. The molecule has 1 unspecified atom stereocenters. The average molecular weight is 681 g/mol. The summed E-state index contributed by atoms with van der Waals surface area (Å²) in [5.41, 5.74) is 3.17. The minimum Gasteiger partial charge on any atom is -0.493 e. The number of piperidine rings is 1. The van der Waals surface area contributed by atoms with E-state index < -0.39 is 12.3 Å². The molecule has 0 aliphatic carbocycles. The van der Waals surface area contributed by atoms with E-state index in [0.29, 0.717) is 43.6 Å². The molecule has 2 heterocycles. The molecule has 1 N–H and O–H groups in total. The van der Waals surface area contributed by atoms with Crippen molar-refractivity contribution in [2.24, 2.45) is 4.99 Å². The van der Waals surface area contributed by atoms with Gasteiger partial charge in [-0.25, -0.2) is 9.79 Å². The summed E-state index contributed by atoms with van der Waals surface area (Å²) in [7, 11) is 0. The summed E-state index contributed by atoms with van der Waals surface area (Å²) in [5, 5.41) is 3.47. The van der Waals surface area contributed by atoms with Gasteiger partial charge in [-0.15, -0.1) is 0 Å². The highest BCUT2D eigenvalue weighted by Gasteiger charge is 2.34. The monoisotopic (exact) mass is 680 g/mol. The number of carbonyl (C=O) groups excluding carboxylic acids is 2. The number of aliphatic imine (C=N–C) groups is 1. The number of anilines is 2. The molecule has 3 aromatic rings. The van der Waals surface area contributed by atoms with Crippen LogP contribution in [0.4, 0.5) is 16.2 Å². The first-order valence-corrected chi connectivity index (χ1v) is 18.0. The lowest BCUT2D eigenvalue weighted by Crippen LogP contribution is -2.56. The minimum atomic E-state index is -0.645. The number of para-hydroxylation sites is 2. The number of likely N-dealkylation sites (tertiary alicyclic amines) is 1. The van der Waals surface area contributed by atoms with Gasteiger partial charge in [0.05, 0.1) is 6.61 Å². The summed E-state index contributed by atoms with van der Waals surface area (Å²) in [6, 6.07) is 23.1. The van der Waals surface area contributed by atoms with Gasteiger partial charge in [-0.05, 0) is 102 Å². The molecule has 2 aliphatic heterocycles. The first kappa shape index (κ1) is 36.5. The molecule has 2 amide bonds. The Morgan fingerprint density at radius 3 is 2.34 bits per heavy atom. The third-order valence-corrected chi connectivity index (χ3v) is 9.25. The minimum absolute atomic E-state index is 0.0342. The van der Waals surface area contributed by atoms with E-state index in [9.17, 15) is 9.59 Å². The fourth-order valence-electron chi connectivity index (χ4n) is 6.52. The maximum Gasteiger partial charge on any atom is 0.421 e. The lowest BCUT2D eigenvalue weighted by Gasteiger charge is -2.40. The molecule has 0 spiro atoms. The lowest BCUT2D eigenvalue weighted by atomic mass is 10.1. The van der Waals surface area contributed by atoms with Crippen molar-refractivity contribution in [1.29, 1.82) is 0 Å². The van der Waals surface area contributed by atoms with Crippen LogP contribution in [0.25, 0.3) is 0 Å². The SMILES string of the molecule is CCN(CC)C(=O)CCN1C(Nc2cccc(OCCCN3CCCCC3)c2)=NC=CC1N(C(=O)Oc1c(C)cccc1C)c1ccccc1. The Morgan fingerprint density at radius 2 is 1.62 bits per heavy atom. The molecule has 1 atom stereocenters. The zero-order chi connectivity index (χ0) is 35.3. The van der Waals surface area contributed by atoms with Crippen LogP contribution in [0.3, 0.4) is 0 Å². The van der Waals surface area contributed by atoms with Crippen LogP contribution < -0.4 is 19.7 Å². The van der Waals surface area contributed by atoms with E-state index in [1.165, 1.54) is 32.4 Å². The normalized spacial score (nSPS) is 16.0. The first-order chi connectivity index (χ1) is 24.4. The van der Waals surface area contributed by atoms with Crippen molar-refractivity contribution in [3.8, 4) is 11.5 Å². The number of aryl methyl sites for hydroxylation is 2. The number of amides is 2. The van der Waals surface area contributed by atoms with E-state index in [2.05, 4.69) is 10.2 Å². The highest BCUT2D eigenvalue weighted by atomic mass is 16.6. The molecule has 2 aliphatic rings. The van der Waals surface area contributed by atoms with E-state index in [1.807, 2.05) is 116 Å². The largest absolute Gasteiger partial charge is 0.493 e. The van der Waals surface area contributed by atoms with Crippen molar-refractivity contribution in [2.75, 3.05) is 56.1 Å². The highest BCUT2D eigenvalue weighted by molar-refractivity contribution is 5.98. The van der Waals surface area contributed by atoms with Gasteiger partial charge in [0, 0.05) is 56.2 Å². The molecule has 1 fully saturated rings. The van der Waals surface area contributed by atoms with Crippen LogP contribution in [0.1, 0.15) is 57.1 Å². The van der Waals surface area contributed by atoms with E-state index in [4.69, 9.17) is 14.5 Å². The zero-order valence-corrected chi connectivity index (χ0v) is 30.0. The van der Waals surface area contributed by atoms with Gasteiger partial charge < -0.3 is 29.5 Å². The lowest BCUT2D eigenvalue weighted by molar-refractivity contribution is -0.131. The van der Waals surface area contributed by atoms with Gasteiger partial charge in [-0.1, -0.05) is 48.9 Å². The predicted molar refractivity (Wildman–Crippen MR) is 201 cm³/mol. The zero-order valence-electron chi connectivity index (χ0n) is 30.0. The van der Waals surface area contributed by atoms with Crippen molar-refractivity contribution in [3.63, 3.8) is 0 Å². The molecule has 10 heteroatoms. The summed E-state index contributed by atoms with van der Waals surface area (Å²) >= 11 is 0. The van der Waals surface area contributed by atoms with Crippen molar-refractivity contribution < 1.29 is 19.1 Å². The number of rotatable bonds is 14. The molecule has 266 valence electrons. The topological polar surface area (TPSA) is 90.0 Å². The van der Waals surface area contributed by atoms with Crippen LogP contribution in [0.2, 0.25) is 0 Å². The van der Waals surface area contributed by atoms with Gasteiger partial charge in [0.2, 0.25) is 11.9 Å².